The predicted octanol–water partition coefficient (Wildman–Crippen LogP) is 7.11. The highest BCUT2D eigenvalue weighted by Crippen LogP contribution is 2.39. The van der Waals surface area contributed by atoms with Crippen LogP contribution >= 0.6 is 0 Å². The van der Waals surface area contributed by atoms with Crippen LogP contribution in [-0.2, 0) is 14.4 Å². The van der Waals surface area contributed by atoms with E-state index in [1.165, 1.54) is 0 Å². The minimum atomic E-state index is -0.478. The maximum atomic E-state index is 13.2. The van der Waals surface area contributed by atoms with Gasteiger partial charge in [-0.2, -0.15) is 4.58 Å². The molecule has 3 aromatic carbocycles. The van der Waals surface area contributed by atoms with Crippen LogP contribution < -0.4 is 14.4 Å². The van der Waals surface area contributed by atoms with Gasteiger partial charge >= 0.3 is 11.9 Å². The maximum absolute atomic E-state index is 13.2. The summed E-state index contributed by atoms with van der Waals surface area (Å²) in [6, 6.07) is 21.5. The van der Waals surface area contributed by atoms with Gasteiger partial charge in [-0.1, -0.05) is 25.3 Å². The third kappa shape index (κ3) is 6.42. The van der Waals surface area contributed by atoms with Crippen LogP contribution in [0.1, 0.15) is 19.4 Å². The molecule has 0 saturated carbocycles. The normalized spacial score (nSPS) is 13.7. The predicted molar refractivity (Wildman–Crippen MR) is 179 cm³/mol. The molecule has 230 valence electrons. The van der Waals surface area contributed by atoms with Crippen LogP contribution in [0.25, 0.3) is 5.57 Å². The fraction of sp³-hybridized carbons (Fsp3) is 0.105. The van der Waals surface area contributed by atoms with Crippen molar-refractivity contribution in [1.29, 1.82) is 0 Å². The number of carbonyl (C=O) groups is 3. The van der Waals surface area contributed by atoms with Gasteiger partial charge < -0.3 is 19.5 Å². The number of ketones is 1. The number of anilines is 2. The molecule has 8 nitrogen and oxygen atoms in total. The number of hydrogen-bond acceptors (Lipinski definition) is 7. The van der Waals surface area contributed by atoms with Crippen molar-refractivity contribution >= 4 is 46.1 Å². The monoisotopic (exact) mass is 613 g/mol. The molecule has 0 saturated heterocycles. The topological polar surface area (TPSA) is 96.1 Å². The Morgan fingerprint density at radius 2 is 1.17 bits per heavy atom. The summed E-state index contributed by atoms with van der Waals surface area (Å²) in [7, 11) is 3.80. The van der Waals surface area contributed by atoms with Crippen LogP contribution in [-0.4, -0.2) is 47.2 Å². The Hall–Kier alpha value is -6.02. The van der Waals surface area contributed by atoms with Gasteiger partial charge in [0.05, 0.1) is 11.1 Å². The van der Waals surface area contributed by atoms with E-state index in [0.717, 1.165) is 22.8 Å². The summed E-state index contributed by atoms with van der Waals surface area (Å²) in [5.74, 6) is -0.361. The van der Waals surface area contributed by atoms with Crippen molar-refractivity contribution in [2.45, 2.75) is 13.8 Å². The van der Waals surface area contributed by atoms with E-state index in [9.17, 15) is 19.5 Å². The van der Waals surface area contributed by atoms with Gasteiger partial charge in [0, 0.05) is 53.9 Å². The average molecular weight is 614 g/mol. The van der Waals surface area contributed by atoms with Crippen molar-refractivity contribution in [2.75, 3.05) is 19.0 Å². The molecule has 0 bridgehead atoms. The summed E-state index contributed by atoms with van der Waals surface area (Å²) < 4.78 is 12.5. The van der Waals surface area contributed by atoms with Gasteiger partial charge in [-0.15, -0.1) is 0 Å². The molecule has 0 atom stereocenters. The van der Waals surface area contributed by atoms with Crippen molar-refractivity contribution in [2.24, 2.45) is 0 Å². The van der Waals surface area contributed by atoms with Gasteiger partial charge in [-0.3, -0.25) is 4.79 Å². The number of ether oxygens (including phenoxy) is 2. The lowest BCUT2D eigenvalue weighted by Crippen LogP contribution is -2.23. The minimum Gasteiger partial charge on any atom is -0.506 e. The number of hydrogen-bond donors (Lipinski definition) is 1. The van der Waals surface area contributed by atoms with Crippen LogP contribution in [0.3, 0.4) is 0 Å². The number of allylic oxidation sites excluding steroid dienone is 7. The highest BCUT2D eigenvalue weighted by Gasteiger charge is 2.36. The summed E-state index contributed by atoms with van der Waals surface area (Å²) in [4.78, 5) is 38.7. The van der Waals surface area contributed by atoms with Crippen molar-refractivity contribution in [3.8, 4) is 11.5 Å². The van der Waals surface area contributed by atoms with E-state index in [0.29, 0.717) is 33.8 Å². The van der Waals surface area contributed by atoms with Crippen LogP contribution in [0.15, 0.2) is 138 Å². The van der Waals surface area contributed by atoms with Crippen LogP contribution in [0.4, 0.5) is 17.1 Å². The molecule has 0 amide bonds. The van der Waals surface area contributed by atoms with Crippen molar-refractivity contribution in [3.05, 3.63) is 144 Å². The average Bonchev–Trinajstić information content (AvgIpc) is 3.05. The third-order valence-electron chi connectivity index (χ3n) is 7.58. The summed E-state index contributed by atoms with van der Waals surface area (Å²) >= 11 is 0. The second kappa shape index (κ2) is 12.9. The zero-order valence-corrected chi connectivity index (χ0v) is 26.0. The maximum Gasteiger partial charge on any atom is 0.338 e. The number of nitrogens with zero attached hydrogens (tertiary/aromatic N) is 2. The van der Waals surface area contributed by atoms with E-state index < -0.39 is 11.9 Å². The first-order valence-corrected chi connectivity index (χ1v) is 14.4. The molecule has 3 aromatic rings. The number of benzene rings is 3. The number of rotatable bonds is 8. The van der Waals surface area contributed by atoms with E-state index in [1.54, 1.807) is 62.4 Å². The molecule has 0 aromatic heterocycles. The molecule has 0 fully saturated rings. The van der Waals surface area contributed by atoms with Gasteiger partial charge in [-0.05, 0) is 85.7 Å². The first-order chi connectivity index (χ1) is 21.9. The summed E-state index contributed by atoms with van der Waals surface area (Å²) in [6.45, 7) is 10.4. The summed E-state index contributed by atoms with van der Waals surface area (Å²) in [5.41, 5.74) is 5.93. The molecule has 0 unspecified atom stereocenters. The number of carbonyl (C=O) groups excluding carboxylic acids is 3. The van der Waals surface area contributed by atoms with E-state index in [2.05, 4.69) is 13.2 Å². The van der Waals surface area contributed by atoms with Crippen LogP contribution in [0.5, 0.6) is 11.5 Å². The van der Waals surface area contributed by atoms with E-state index in [4.69, 9.17) is 9.47 Å². The highest BCUT2D eigenvalue weighted by molar-refractivity contribution is 6.39. The molecule has 2 aliphatic rings. The number of aliphatic hydroxyl groups excluding tert-OH is 1. The summed E-state index contributed by atoms with van der Waals surface area (Å²) in [5, 5.41) is 10.9. The smallest absolute Gasteiger partial charge is 0.338 e. The van der Waals surface area contributed by atoms with Crippen LogP contribution in [0, 0.1) is 0 Å². The SMILES string of the molecule is C=C(C)C(=O)Oc1ccc(N(C)c2ccc(C3=C(O)C(=C4C=CC(=[N+](C)c5ccc(OC(=O)C(=C)C)cc5)C=C4)C3=O)cc2)cc1. The minimum absolute atomic E-state index is 0.0352. The largest absolute Gasteiger partial charge is 0.506 e. The zero-order valence-electron chi connectivity index (χ0n) is 26.0. The second-order valence-electron chi connectivity index (χ2n) is 11.0. The Kier molecular flexibility index (Phi) is 8.82. The van der Waals surface area contributed by atoms with Gasteiger partial charge in [0.15, 0.2) is 0 Å². The molecule has 46 heavy (non-hydrogen) atoms. The molecule has 0 spiro atoms. The van der Waals surface area contributed by atoms with E-state index in [-0.39, 0.29) is 22.7 Å². The quantitative estimate of drug-likeness (QED) is 0.125. The second-order valence-corrected chi connectivity index (χ2v) is 11.0. The van der Waals surface area contributed by atoms with Gasteiger partial charge in [-0.25, -0.2) is 9.59 Å². The third-order valence-corrected chi connectivity index (χ3v) is 7.58. The molecule has 0 heterocycles. The molecular formula is C38H33N2O6+. The van der Waals surface area contributed by atoms with E-state index >= 15 is 0 Å². The number of Topliss-reactive ketones (excluding diaryl/α,β-unsaturated/α-hetero) is 1. The fourth-order valence-electron chi connectivity index (χ4n) is 4.80. The summed E-state index contributed by atoms with van der Waals surface area (Å²) in [6.07, 6.45) is 7.35. The van der Waals surface area contributed by atoms with E-state index in [1.807, 2.05) is 72.1 Å². The van der Waals surface area contributed by atoms with Gasteiger partial charge in [0.2, 0.25) is 17.2 Å². The Morgan fingerprint density at radius 1 is 0.717 bits per heavy atom. The Bertz CT molecular complexity index is 1920. The highest BCUT2D eigenvalue weighted by atomic mass is 16.5. The molecule has 0 radical (unpaired) electrons. The van der Waals surface area contributed by atoms with Crippen molar-refractivity contribution < 1.29 is 33.5 Å². The number of aliphatic hydroxyl groups is 1. The molecular weight excluding hydrogens is 580 g/mol. The van der Waals surface area contributed by atoms with Crippen molar-refractivity contribution in [3.63, 3.8) is 0 Å². The Balaban J connectivity index is 1.28. The Labute approximate surface area is 267 Å². The lowest BCUT2D eigenvalue weighted by atomic mass is 9.80. The van der Waals surface area contributed by atoms with Crippen molar-refractivity contribution in [1.82, 2.24) is 0 Å². The standard InChI is InChI=1S/C38H32N2O6/c1-23(2)37(43)45-31-19-15-29(16-20-31)39(5)27-11-7-25(8-12-27)33-35(41)34(36(33)42)26-9-13-28(14-10-26)40(6)30-17-21-32(22-18-30)46-38(44)24(3)4/h7-22H,1,3H2,2,4-6H3/p+1. The fourth-order valence-corrected chi connectivity index (χ4v) is 4.80. The molecule has 1 N–H and O–H groups in total. The molecule has 8 heteroatoms. The lowest BCUT2D eigenvalue weighted by Gasteiger charge is -2.24. The molecule has 0 aliphatic heterocycles. The molecule has 5 rings (SSSR count). The Morgan fingerprint density at radius 3 is 1.63 bits per heavy atom. The zero-order chi connectivity index (χ0) is 33.1. The first-order valence-electron chi connectivity index (χ1n) is 14.4. The first kappa shape index (κ1) is 31.4. The van der Waals surface area contributed by atoms with Gasteiger partial charge in [0.25, 0.3) is 0 Å². The lowest BCUT2D eigenvalue weighted by molar-refractivity contribution is -0.403. The van der Waals surface area contributed by atoms with Gasteiger partial charge in [0.1, 0.15) is 24.3 Å². The number of esters is 2. The molecule has 2 aliphatic carbocycles. The van der Waals surface area contributed by atoms with Crippen LogP contribution in [0.2, 0.25) is 0 Å².